The van der Waals surface area contributed by atoms with Crippen LogP contribution in [0.25, 0.3) is 10.9 Å². The van der Waals surface area contributed by atoms with Crippen LogP contribution in [0, 0.1) is 10.1 Å². The molecule has 0 spiro atoms. The van der Waals surface area contributed by atoms with Crippen LogP contribution in [0.4, 0.5) is 11.5 Å². The van der Waals surface area contributed by atoms with Crippen LogP contribution in [0.3, 0.4) is 0 Å². The predicted molar refractivity (Wildman–Crippen MR) is 70.6 cm³/mol. The van der Waals surface area contributed by atoms with Gasteiger partial charge in [0.05, 0.1) is 15.8 Å². The van der Waals surface area contributed by atoms with Crippen LogP contribution in [0.1, 0.15) is 10.5 Å². The highest BCUT2D eigenvalue weighted by Gasteiger charge is 2.15. The van der Waals surface area contributed by atoms with Crippen molar-refractivity contribution in [3.8, 4) is 0 Å². The summed E-state index contributed by atoms with van der Waals surface area (Å²) < 4.78 is 3.59. The molecule has 3 aromatic rings. The summed E-state index contributed by atoms with van der Waals surface area (Å²) in [5.74, 6) is -0.264. The Kier molecular flexibility index (Phi) is 2.84. The molecule has 0 saturated heterocycles. The van der Waals surface area contributed by atoms with Gasteiger partial charge in [-0.25, -0.2) is 0 Å². The third-order valence-electron chi connectivity index (χ3n) is 2.58. The number of hydrogen-bond donors (Lipinski definition) is 2. The van der Waals surface area contributed by atoms with Crippen LogP contribution in [0.5, 0.6) is 0 Å². The van der Waals surface area contributed by atoms with E-state index >= 15 is 0 Å². The van der Waals surface area contributed by atoms with Crippen LogP contribution < -0.4 is 5.32 Å². The van der Waals surface area contributed by atoms with Crippen LogP contribution in [-0.4, -0.2) is 30.6 Å². The number of non-ortho nitro benzene ring substituents is 1. The number of benzene rings is 1. The Morgan fingerprint density at radius 2 is 2.30 bits per heavy atom. The molecule has 100 valence electrons. The first-order valence-corrected chi connectivity index (χ1v) is 6.20. The lowest BCUT2D eigenvalue weighted by atomic mass is 10.2. The molecule has 1 aromatic carbocycles. The SMILES string of the molecule is O=C(Nc1n[nH]c2ccc([N+](=O)[O-])cc12)c1csnn1. The van der Waals surface area contributed by atoms with Crippen LogP contribution in [-0.2, 0) is 0 Å². The molecule has 0 aliphatic carbocycles. The average Bonchev–Trinajstić information content (AvgIpc) is 3.08. The van der Waals surface area contributed by atoms with Crippen molar-refractivity contribution in [3.63, 3.8) is 0 Å². The Labute approximate surface area is 114 Å². The van der Waals surface area contributed by atoms with E-state index in [4.69, 9.17) is 0 Å². The number of H-pyrrole nitrogens is 1. The Morgan fingerprint density at radius 1 is 1.45 bits per heavy atom. The molecule has 0 aliphatic heterocycles. The molecule has 0 bridgehead atoms. The Hall–Kier alpha value is -2.88. The zero-order valence-electron chi connectivity index (χ0n) is 9.73. The summed E-state index contributed by atoms with van der Waals surface area (Å²) in [5, 5.41) is 25.5. The number of nitrogens with zero attached hydrogens (tertiary/aromatic N) is 4. The largest absolute Gasteiger partial charge is 0.303 e. The maximum Gasteiger partial charge on any atom is 0.278 e. The van der Waals surface area contributed by atoms with Gasteiger partial charge in [0.2, 0.25) is 0 Å². The van der Waals surface area contributed by atoms with E-state index in [0.29, 0.717) is 10.9 Å². The topological polar surface area (TPSA) is 127 Å². The second kappa shape index (κ2) is 4.66. The van der Waals surface area contributed by atoms with Gasteiger partial charge >= 0.3 is 0 Å². The second-order valence-electron chi connectivity index (χ2n) is 3.80. The fourth-order valence-corrected chi connectivity index (χ4v) is 2.08. The minimum Gasteiger partial charge on any atom is -0.303 e. The number of carbonyl (C=O) groups excluding carboxylic acids is 1. The van der Waals surface area contributed by atoms with Gasteiger partial charge < -0.3 is 5.32 Å². The third kappa shape index (κ3) is 2.07. The molecule has 0 radical (unpaired) electrons. The number of fused-ring (bicyclic) bond motifs is 1. The fourth-order valence-electron chi connectivity index (χ4n) is 1.65. The van der Waals surface area contributed by atoms with Gasteiger partial charge in [0.25, 0.3) is 11.6 Å². The van der Waals surface area contributed by atoms with E-state index in [1.807, 2.05) is 0 Å². The number of nitrogens with one attached hydrogen (secondary N) is 2. The lowest BCUT2D eigenvalue weighted by molar-refractivity contribution is -0.384. The van der Waals surface area contributed by atoms with E-state index in [2.05, 4.69) is 25.1 Å². The van der Waals surface area contributed by atoms with E-state index in [1.54, 1.807) is 0 Å². The molecular weight excluding hydrogens is 284 g/mol. The number of aromatic amines is 1. The standard InChI is InChI=1S/C10H6N6O3S/c17-10(8-4-20-15-13-8)11-9-6-3-5(16(18)19)1-2-7(6)12-14-9/h1-4H,(H2,11,12,14,17). The Morgan fingerprint density at radius 3 is 3.00 bits per heavy atom. The Balaban J connectivity index is 1.97. The van der Waals surface area contributed by atoms with Gasteiger partial charge in [-0.05, 0) is 17.6 Å². The highest BCUT2D eigenvalue weighted by Crippen LogP contribution is 2.25. The van der Waals surface area contributed by atoms with Crippen molar-refractivity contribution in [2.75, 3.05) is 5.32 Å². The first-order chi connectivity index (χ1) is 9.65. The van der Waals surface area contributed by atoms with Crippen molar-refractivity contribution in [2.45, 2.75) is 0 Å². The van der Waals surface area contributed by atoms with Crippen molar-refractivity contribution in [1.29, 1.82) is 0 Å². The highest BCUT2D eigenvalue weighted by molar-refractivity contribution is 7.03. The zero-order valence-corrected chi connectivity index (χ0v) is 10.5. The summed E-state index contributed by atoms with van der Waals surface area (Å²) >= 11 is 1.05. The lowest BCUT2D eigenvalue weighted by Gasteiger charge is -1.98. The molecule has 3 rings (SSSR count). The molecule has 0 unspecified atom stereocenters. The van der Waals surface area contributed by atoms with Crippen LogP contribution in [0.2, 0.25) is 0 Å². The van der Waals surface area contributed by atoms with Gasteiger partial charge in [-0.1, -0.05) is 4.49 Å². The molecule has 2 heterocycles. The van der Waals surface area contributed by atoms with Gasteiger partial charge in [0.15, 0.2) is 11.5 Å². The average molecular weight is 290 g/mol. The van der Waals surface area contributed by atoms with Crippen molar-refractivity contribution >= 4 is 39.8 Å². The fraction of sp³-hybridized carbons (Fsp3) is 0. The van der Waals surface area contributed by atoms with E-state index in [0.717, 1.165) is 11.5 Å². The molecule has 2 N–H and O–H groups in total. The highest BCUT2D eigenvalue weighted by atomic mass is 32.1. The van der Waals surface area contributed by atoms with Gasteiger partial charge in [-0.2, -0.15) is 5.10 Å². The van der Waals surface area contributed by atoms with E-state index < -0.39 is 10.8 Å². The smallest absolute Gasteiger partial charge is 0.278 e. The van der Waals surface area contributed by atoms with Crippen LogP contribution >= 0.6 is 11.5 Å². The number of aromatic nitrogens is 4. The molecule has 0 saturated carbocycles. The number of nitro benzene ring substituents is 1. The minimum absolute atomic E-state index is 0.0790. The summed E-state index contributed by atoms with van der Waals surface area (Å²) in [6.45, 7) is 0. The second-order valence-corrected chi connectivity index (χ2v) is 4.41. The van der Waals surface area contributed by atoms with E-state index in [9.17, 15) is 14.9 Å². The first-order valence-electron chi connectivity index (χ1n) is 5.36. The van der Waals surface area contributed by atoms with Crippen molar-refractivity contribution in [1.82, 2.24) is 19.8 Å². The van der Waals surface area contributed by atoms with Gasteiger partial charge in [0.1, 0.15) is 0 Å². The quantitative estimate of drug-likeness (QED) is 0.557. The zero-order chi connectivity index (χ0) is 14.1. The molecule has 0 atom stereocenters. The lowest BCUT2D eigenvalue weighted by Crippen LogP contribution is -2.12. The predicted octanol–water partition coefficient (Wildman–Crippen LogP) is 1.57. The number of rotatable bonds is 3. The van der Waals surface area contributed by atoms with Gasteiger partial charge in [0, 0.05) is 17.5 Å². The molecular formula is C10H6N6O3S. The molecule has 2 aromatic heterocycles. The summed E-state index contributed by atoms with van der Waals surface area (Å²) in [6.07, 6.45) is 0. The number of amides is 1. The summed E-state index contributed by atoms with van der Waals surface area (Å²) in [7, 11) is 0. The minimum atomic E-state index is -0.512. The van der Waals surface area contributed by atoms with Crippen molar-refractivity contribution in [2.24, 2.45) is 0 Å². The number of hydrogen-bond acceptors (Lipinski definition) is 7. The third-order valence-corrected chi connectivity index (χ3v) is 3.09. The summed E-state index contributed by atoms with van der Waals surface area (Å²) in [6, 6.07) is 4.23. The van der Waals surface area contributed by atoms with Crippen molar-refractivity contribution < 1.29 is 9.72 Å². The van der Waals surface area contributed by atoms with E-state index in [-0.39, 0.29) is 17.2 Å². The van der Waals surface area contributed by atoms with Crippen molar-refractivity contribution in [3.05, 3.63) is 39.4 Å². The maximum absolute atomic E-state index is 11.8. The monoisotopic (exact) mass is 290 g/mol. The Bertz CT molecular complexity index is 797. The molecule has 0 fully saturated rings. The molecule has 10 heteroatoms. The number of anilines is 1. The number of carbonyl (C=O) groups is 1. The van der Waals surface area contributed by atoms with Gasteiger partial charge in [-0.15, -0.1) is 5.10 Å². The molecule has 9 nitrogen and oxygen atoms in total. The van der Waals surface area contributed by atoms with Gasteiger partial charge in [-0.3, -0.25) is 20.0 Å². The number of nitro groups is 1. The maximum atomic E-state index is 11.8. The van der Waals surface area contributed by atoms with E-state index in [1.165, 1.54) is 23.6 Å². The summed E-state index contributed by atoms with van der Waals surface area (Å²) in [4.78, 5) is 22.1. The normalized spacial score (nSPS) is 10.6. The molecule has 1 amide bonds. The first kappa shape index (κ1) is 12.2. The summed E-state index contributed by atoms with van der Waals surface area (Å²) in [5.41, 5.74) is 0.670. The van der Waals surface area contributed by atoms with Crippen LogP contribution in [0.15, 0.2) is 23.6 Å². The molecule has 20 heavy (non-hydrogen) atoms. The molecule has 0 aliphatic rings.